The van der Waals surface area contributed by atoms with Crippen LogP contribution in [0.4, 0.5) is 19.0 Å². The van der Waals surface area contributed by atoms with E-state index in [9.17, 15) is 27.9 Å². The first-order chi connectivity index (χ1) is 16.1. The topological polar surface area (TPSA) is 130 Å². The number of carbonyl (C=O) groups is 2. The average molecular weight is 488 g/mol. The van der Waals surface area contributed by atoms with Gasteiger partial charge >= 0.3 is 6.18 Å². The number of alkyl halides is 3. The third kappa shape index (κ3) is 4.93. The second kappa shape index (κ2) is 9.02. The summed E-state index contributed by atoms with van der Waals surface area (Å²) in [7, 11) is 0. The van der Waals surface area contributed by atoms with E-state index in [2.05, 4.69) is 30.6 Å². The van der Waals surface area contributed by atoms with Gasteiger partial charge in [0.15, 0.2) is 0 Å². The summed E-state index contributed by atoms with van der Waals surface area (Å²) in [5, 5.41) is 14.8. The Morgan fingerprint density at radius 1 is 1.00 bits per heavy atom. The lowest BCUT2D eigenvalue weighted by Gasteiger charge is -2.11. The lowest BCUT2D eigenvalue weighted by molar-refractivity contribution is -0.138. The van der Waals surface area contributed by atoms with E-state index < -0.39 is 29.4 Å². The number of anilines is 1. The molecule has 3 heterocycles. The van der Waals surface area contributed by atoms with Crippen molar-refractivity contribution in [2.75, 3.05) is 5.32 Å². The number of nitrogens with zero attached hydrogens (tertiary/aromatic N) is 4. The van der Waals surface area contributed by atoms with Crippen molar-refractivity contribution in [3.8, 4) is 5.75 Å². The molecule has 1 atom stereocenters. The molecule has 0 bridgehead atoms. The average Bonchev–Trinajstić information content (AvgIpc) is 3.30. The van der Waals surface area contributed by atoms with Crippen LogP contribution >= 0.6 is 11.3 Å². The number of hydrogen-bond acceptors (Lipinski definition) is 8. The monoisotopic (exact) mass is 488 g/mol. The molecule has 0 saturated carbocycles. The summed E-state index contributed by atoms with van der Waals surface area (Å²) >= 11 is 0.961. The minimum Gasteiger partial charge on any atom is -0.506 e. The predicted molar refractivity (Wildman–Crippen MR) is 116 cm³/mol. The van der Waals surface area contributed by atoms with Gasteiger partial charge in [-0.25, -0.2) is 9.97 Å². The van der Waals surface area contributed by atoms with Crippen LogP contribution in [0, 0.1) is 0 Å². The lowest BCUT2D eigenvalue weighted by atomic mass is 10.1. The number of aromatic nitrogens is 4. The van der Waals surface area contributed by atoms with Crippen molar-refractivity contribution in [1.82, 2.24) is 25.3 Å². The minimum absolute atomic E-state index is 0.0977. The number of nitrogens with one attached hydrogen (secondary N) is 2. The van der Waals surface area contributed by atoms with Gasteiger partial charge in [-0.1, -0.05) is 0 Å². The van der Waals surface area contributed by atoms with E-state index >= 15 is 0 Å². The van der Waals surface area contributed by atoms with Gasteiger partial charge in [0, 0.05) is 18.0 Å². The van der Waals surface area contributed by atoms with E-state index in [1.165, 1.54) is 12.4 Å². The van der Waals surface area contributed by atoms with E-state index in [1.54, 1.807) is 31.3 Å². The molecule has 3 aromatic heterocycles. The number of thiazole rings is 1. The van der Waals surface area contributed by atoms with E-state index in [1.807, 2.05) is 0 Å². The van der Waals surface area contributed by atoms with E-state index in [4.69, 9.17) is 0 Å². The Kier molecular flexibility index (Phi) is 6.11. The van der Waals surface area contributed by atoms with Gasteiger partial charge in [-0.3, -0.25) is 19.6 Å². The highest BCUT2D eigenvalue weighted by atomic mass is 32.1. The van der Waals surface area contributed by atoms with Crippen LogP contribution in [-0.2, 0) is 6.18 Å². The van der Waals surface area contributed by atoms with Gasteiger partial charge in [-0.15, -0.1) is 11.3 Å². The molecule has 0 aliphatic carbocycles. The quantitative estimate of drug-likeness (QED) is 0.388. The maximum absolute atomic E-state index is 12.9. The molecule has 34 heavy (non-hydrogen) atoms. The van der Waals surface area contributed by atoms with Gasteiger partial charge in [-0.2, -0.15) is 13.2 Å². The molecule has 4 rings (SSSR count). The van der Waals surface area contributed by atoms with Crippen LogP contribution < -0.4 is 10.6 Å². The van der Waals surface area contributed by atoms with Crippen molar-refractivity contribution in [1.29, 1.82) is 0 Å². The molecule has 0 saturated heterocycles. The van der Waals surface area contributed by atoms with Crippen LogP contribution in [0.1, 0.15) is 43.6 Å². The molecule has 0 spiro atoms. The number of carbonyl (C=O) groups excluding carboxylic acids is 2. The second-order valence-corrected chi connectivity index (χ2v) is 8.12. The molecule has 2 amide bonds. The van der Waals surface area contributed by atoms with E-state index in [0.29, 0.717) is 33.9 Å². The van der Waals surface area contributed by atoms with Crippen LogP contribution in [0.3, 0.4) is 0 Å². The van der Waals surface area contributed by atoms with Crippen molar-refractivity contribution in [2.45, 2.75) is 19.1 Å². The molecule has 4 aromatic rings. The first-order valence-electron chi connectivity index (χ1n) is 9.67. The summed E-state index contributed by atoms with van der Waals surface area (Å²) in [6.07, 6.45) is 0.107. The maximum Gasteiger partial charge on any atom is 0.420 e. The Balaban J connectivity index is 1.44. The number of benzene rings is 1. The number of fused-ring (bicyclic) bond motifs is 1. The number of amides is 2. The predicted octanol–water partition coefficient (Wildman–Crippen LogP) is 3.95. The molecular formula is C21H15F3N6O3S. The summed E-state index contributed by atoms with van der Waals surface area (Å²) in [5.41, 5.74) is 0.257. The highest BCUT2D eigenvalue weighted by Gasteiger charge is 2.34. The summed E-state index contributed by atoms with van der Waals surface area (Å²) < 4.78 is 38.8. The zero-order valence-corrected chi connectivity index (χ0v) is 18.1. The number of aromatic hydroxyl groups is 1. The molecule has 174 valence electrons. The number of halogens is 3. The van der Waals surface area contributed by atoms with E-state index in [-0.39, 0.29) is 16.6 Å². The van der Waals surface area contributed by atoms with Gasteiger partial charge in [0.1, 0.15) is 27.0 Å². The fraction of sp³-hybridized carbons (Fsp3) is 0.143. The zero-order chi connectivity index (χ0) is 24.5. The third-order valence-electron chi connectivity index (χ3n) is 4.63. The Labute approximate surface area is 193 Å². The highest BCUT2D eigenvalue weighted by Crippen LogP contribution is 2.36. The number of rotatable bonds is 5. The Bertz CT molecular complexity index is 1390. The Morgan fingerprint density at radius 3 is 2.47 bits per heavy atom. The van der Waals surface area contributed by atoms with Crippen molar-refractivity contribution in [3.63, 3.8) is 0 Å². The van der Waals surface area contributed by atoms with Crippen molar-refractivity contribution < 1.29 is 27.9 Å². The van der Waals surface area contributed by atoms with Crippen LogP contribution in [0.5, 0.6) is 5.75 Å². The lowest BCUT2D eigenvalue weighted by Crippen LogP contribution is -2.26. The van der Waals surface area contributed by atoms with Crippen molar-refractivity contribution in [3.05, 3.63) is 70.1 Å². The first-order valence-corrected chi connectivity index (χ1v) is 10.5. The maximum atomic E-state index is 12.9. The molecule has 0 aliphatic rings. The Morgan fingerprint density at radius 2 is 1.74 bits per heavy atom. The van der Waals surface area contributed by atoms with Gasteiger partial charge in [-0.05, 0) is 31.2 Å². The van der Waals surface area contributed by atoms with Crippen molar-refractivity contribution in [2.24, 2.45) is 0 Å². The second-order valence-electron chi connectivity index (χ2n) is 7.06. The molecule has 0 aliphatic heterocycles. The minimum atomic E-state index is -4.81. The summed E-state index contributed by atoms with van der Waals surface area (Å²) in [5.74, 6) is -2.55. The van der Waals surface area contributed by atoms with Crippen LogP contribution in [-0.4, -0.2) is 36.9 Å². The van der Waals surface area contributed by atoms with Gasteiger partial charge in [0.25, 0.3) is 11.8 Å². The number of pyridine rings is 1. The smallest absolute Gasteiger partial charge is 0.420 e. The van der Waals surface area contributed by atoms with E-state index in [0.717, 1.165) is 11.3 Å². The molecule has 9 nitrogen and oxygen atoms in total. The molecule has 1 aromatic carbocycles. The molecule has 0 radical (unpaired) electrons. The summed E-state index contributed by atoms with van der Waals surface area (Å²) in [6.45, 7) is 1.68. The molecule has 0 fully saturated rings. The molecular weight excluding hydrogens is 473 g/mol. The fourth-order valence-electron chi connectivity index (χ4n) is 2.96. The fourth-order valence-corrected chi connectivity index (χ4v) is 3.78. The van der Waals surface area contributed by atoms with Crippen LogP contribution in [0.25, 0.3) is 11.0 Å². The number of hydrogen-bond donors (Lipinski definition) is 3. The SMILES string of the molecule is CC(NC(=O)c1ccc2nccnc2c1)c1ncc(C(=O)Nc2cc(C(F)(F)F)c(O)cn2)s1. The highest BCUT2D eigenvalue weighted by molar-refractivity contribution is 7.13. The molecule has 13 heteroatoms. The van der Waals surface area contributed by atoms with Gasteiger partial charge in [0.2, 0.25) is 0 Å². The van der Waals surface area contributed by atoms with Crippen molar-refractivity contribution >= 4 is 40.0 Å². The van der Waals surface area contributed by atoms with Gasteiger partial charge < -0.3 is 15.7 Å². The van der Waals surface area contributed by atoms with Crippen LogP contribution in [0.15, 0.2) is 49.1 Å². The van der Waals surface area contributed by atoms with Crippen LogP contribution in [0.2, 0.25) is 0 Å². The Hall–Kier alpha value is -4.13. The molecule has 1 unspecified atom stereocenters. The summed E-state index contributed by atoms with van der Waals surface area (Å²) in [4.78, 5) is 41.2. The largest absolute Gasteiger partial charge is 0.506 e. The zero-order valence-electron chi connectivity index (χ0n) is 17.3. The van der Waals surface area contributed by atoms with Gasteiger partial charge in [0.05, 0.1) is 29.5 Å². The summed E-state index contributed by atoms with van der Waals surface area (Å²) in [6, 6.07) is 4.87. The molecule has 3 N–H and O–H groups in total. The first kappa shape index (κ1) is 23.0. The normalized spacial score (nSPS) is 12.4. The standard InChI is InChI=1S/C21H15F3N6O3S/c1-10(29-18(32)11-2-3-13-14(6-11)26-5-4-25-13)20-28-9-16(34-20)19(33)30-17-7-12(21(22,23)24)15(31)8-27-17/h2-10,31H,1H3,(H,29,32)(H,27,30,33). The third-order valence-corrected chi connectivity index (χ3v) is 5.81.